The summed E-state index contributed by atoms with van der Waals surface area (Å²) in [6, 6.07) is 19.2. The molecular formula is C25H18ClNO4. The lowest BCUT2D eigenvalue weighted by Crippen LogP contribution is -2.29. The van der Waals surface area contributed by atoms with Crippen LogP contribution in [0.25, 0.3) is 11.0 Å². The number of fused-ring (bicyclic) bond motifs is 2. The van der Waals surface area contributed by atoms with E-state index in [1.165, 1.54) is 0 Å². The molecule has 2 heterocycles. The molecule has 1 aliphatic heterocycles. The minimum absolute atomic E-state index is 0.0567. The Morgan fingerprint density at radius 2 is 1.68 bits per heavy atom. The molecule has 1 aliphatic rings. The van der Waals surface area contributed by atoms with E-state index >= 15 is 0 Å². The first-order valence-electron chi connectivity index (χ1n) is 9.78. The number of anilines is 1. The van der Waals surface area contributed by atoms with Gasteiger partial charge in [0.25, 0.3) is 5.91 Å². The Kier molecular flexibility index (Phi) is 4.56. The van der Waals surface area contributed by atoms with Crippen molar-refractivity contribution in [3.8, 4) is 5.75 Å². The second-order valence-corrected chi connectivity index (χ2v) is 7.94. The molecule has 5 nitrogen and oxygen atoms in total. The van der Waals surface area contributed by atoms with Crippen LogP contribution in [0.15, 0.2) is 75.9 Å². The molecule has 0 bridgehead atoms. The van der Waals surface area contributed by atoms with Gasteiger partial charge in [0.05, 0.1) is 24.1 Å². The minimum Gasteiger partial charge on any atom is -0.497 e. The second kappa shape index (κ2) is 7.29. The molecule has 1 unspecified atom stereocenters. The Bertz CT molecular complexity index is 1370. The highest BCUT2D eigenvalue weighted by Crippen LogP contribution is 2.41. The smallest absolute Gasteiger partial charge is 0.295 e. The summed E-state index contributed by atoms with van der Waals surface area (Å²) in [5.74, 6) is 0.371. The van der Waals surface area contributed by atoms with Crippen LogP contribution in [0.3, 0.4) is 0 Å². The Morgan fingerprint density at radius 3 is 2.35 bits per heavy atom. The molecule has 0 fully saturated rings. The number of aryl methyl sites for hydroxylation is 1. The summed E-state index contributed by atoms with van der Waals surface area (Å²) >= 11 is 6.12. The molecule has 31 heavy (non-hydrogen) atoms. The lowest BCUT2D eigenvalue weighted by atomic mass is 9.97. The summed E-state index contributed by atoms with van der Waals surface area (Å²) < 4.78 is 11.2. The van der Waals surface area contributed by atoms with Gasteiger partial charge in [-0.05, 0) is 55.0 Å². The summed E-state index contributed by atoms with van der Waals surface area (Å²) in [5.41, 5.74) is 2.95. The number of benzene rings is 3. The van der Waals surface area contributed by atoms with Gasteiger partial charge in [0.15, 0.2) is 5.43 Å². The van der Waals surface area contributed by atoms with E-state index in [-0.39, 0.29) is 17.1 Å². The summed E-state index contributed by atoms with van der Waals surface area (Å²) in [6.45, 7) is 1.99. The van der Waals surface area contributed by atoms with E-state index in [1.54, 1.807) is 54.5 Å². The van der Waals surface area contributed by atoms with Crippen molar-refractivity contribution in [2.24, 2.45) is 0 Å². The molecule has 1 amide bonds. The zero-order valence-electron chi connectivity index (χ0n) is 16.9. The van der Waals surface area contributed by atoms with Crippen LogP contribution in [-0.4, -0.2) is 13.0 Å². The van der Waals surface area contributed by atoms with Crippen molar-refractivity contribution < 1.29 is 13.9 Å². The quantitative estimate of drug-likeness (QED) is 0.429. The number of rotatable bonds is 3. The fourth-order valence-electron chi connectivity index (χ4n) is 4.02. The zero-order chi connectivity index (χ0) is 21.7. The lowest BCUT2D eigenvalue weighted by molar-refractivity contribution is 0.0971. The zero-order valence-corrected chi connectivity index (χ0v) is 17.6. The number of hydrogen-bond donors (Lipinski definition) is 0. The van der Waals surface area contributed by atoms with Gasteiger partial charge in [-0.25, -0.2) is 0 Å². The summed E-state index contributed by atoms with van der Waals surface area (Å²) in [5, 5.41) is 0.788. The minimum atomic E-state index is -0.615. The molecular weight excluding hydrogens is 414 g/mol. The van der Waals surface area contributed by atoms with Crippen LogP contribution in [0.2, 0.25) is 5.02 Å². The number of carbonyl (C=O) groups excluding carboxylic acids is 1. The van der Waals surface area contributed by atoms with Crippen LogP contribution in [0.5, 0.6) is 5.75 Å². The highest BCUT2D eigenvalue weighted by Gasteiger charge is 2.43. The highest BCUT2D eigenvalue weighted by molar-refractivity contribution is 6.31. The molecule has 154 valence electrons. The van der Waals surface area contributed by atoms with Crippen molar-refractivity contribution >= 4 is 34.2 Å². The number of hydrogen-bond acceptors (Lipinski definition) is 4. The molecule has 4 aromatic rings. The first kappa shape index (κ1) is 19.4. The van der Waals surface area contributed by atoms with Gasteiger partial charge in [-0.2, -0.15) is 0 Å². The highest BCUT2D eigenvalue weighted by atomic mass is 35.5. The van der Waals surface area contributed by atoms with Crippen LogP contribution in [-0.2, 0) is 0 Å². The molecule has 5 rings (SSSR count). The van der Waals surface area contributed by atoms with Gasteiger partial charge in [0, 0.05) is 10.7 Å². The van der Waals surface area contributed by atoms with E-state index < -0.39 is 6.04 Å². The van der Waals surface area contributed by atoms with Crippen LogP contribution in [0.1, 0.15) is 33.3 Å². The van der Waals surface area contributed by atoms with Crippen LogP contribution in [0.4, 0.5) is 5.69 Å². The monoisotopic (exact) mass is 431 g/mol. The molecule has 3 aromatic carbocycles. The third-order valence-electron chi connectivity index (χ3n) is 5.58. The molecule has 0 radical (unpaired) electrons. The van der Waals surface area contributed by atoms with Crippen molar-refractivity contribution in [3.63, 3.8) is 0 Å². The molecule has 0 N–H and O–H groups in total. The van der Waals surface area contributed by atoms with E-state index in [2.05, 4.69) is 0 Å². The number of ether oxygens (including phenoxy) is 1. The standard InChI is InChI=1S/C25H18ClNO4/c1-14-3-5-15(6-4-14)22-21-23(28)19-13-16(26)7-12-20(19)31-24(21)25(29)27(22)17-8-10-18(30-2)11-9-17/h3-13,22H,1-2H3. The Labute approximate surface area is 183 Å². The van der Waals surface area contributed by atoms with Crippen LogP contribution >= 0.6 is 11.6 Å². The van der Waals surface area contributed by atoms with Gasteiger partial charge in [-0.3, -0.25) is 14.5 Å². The van der Waals surface area contributed by atoms with Gasteiger partial charge in [-0.15, -0.1) is 0 Å². The third-order valence-corrected chi connectivity index (χ3v) is 5.81. The molecule has 0 aliphatic carbocycles. The average Bonchev–Trinajstić information content (AvgIpc) is 3.07. The molecule has 0 spiro atoms. The maximum Gasteiger partial charge on any atom is 0.295 e. The van der Waals surface area contributed by atoms with Crippen molar-refractivity contribution in [2.45, 2.75) is 13.0 Å². The van der Waals surface area contributed by atoms with Crippen molar-refractivity contribution in [3.05, 3.63) is 104 Å². The van der Waals surface area contributed by atoms with Crippen molar-refractivity contribution in [1.29, 1.82) is 0 Å². The number of nitrogens with zero attached hydrogens (tertiary/aromatic N) is 1. The Hall–Kier alpha value is -3.57. The third kappa shape index (κ3) is 3.09. The maximum absolute atomic E-state index is 13.5. The predicted octanol–water partition coefficient (Wildman–Crippen LogP) is 5.51. The summed E-state index contributed by atoms with van der Waals surface area (Å²) in [6.07, 6.45) is 0. The van der Waals surface area contributed by atoms with Gasteiger partial charge >= 0.3 is 0 Å². The van der Waals surface area contributed by atoms with Gasteiger partial charge < -0.3 is 9.15 Å². The Balaban J connectivity index is 1.78. The van der Waals surface area contributed by atoms with Gasteiger partial charge in [0.1, 0.15) is 11.3 Å². The van der Waals surface area contributed by atoms with Crippen LogP contribution in [0, 0.1) is 6.92 Å². The number of carbonyl (C=O) groups is 1. The van der Waals surface area contributed by atoms with E-state index in [0.717, 1.165) is 11.1 Å². The van der Waals surface area contributed by atoms with E-state index in [4.69, 9.17) is 20.8 Å². The van der Waals surface area contributed by atoms with E-state index in [0.29, 0.717) is 33.0 Å². The second-order valence-electron chi connectivity index (χ2n) is 7.50. The fourth-order valence-corrected chi connectivity index (χ4v) is 4.19. The normalized spacial score (nSPS) is 15.4. The van der Waals surface area contributed by atoms with Crippen molar-refractivity contribution in [2.75, 3.05) is 12.0 Å². The number of amides is 1. The maximum atomic E-state index is 13.5. The molecule has 0 saturated carbocycles. The molecule has 1 aromatic heterocycles. The number of methoxy groups -OCH3 is 1. The van der Waals surface area contributed by atoms with E-state index in [1.807, 2.05) is 31.2 Å². The van der Waals surface area contributed by atoms with Crippen LogP contribution < -0.4 is 15.1 Å². The molecule has 0 saturated heterocycles. The average molecular weight is 432 g/mol. The topological polar surface area (TPSA) is 59.8 Å². The van der Waals surface area contributed by atoms with Gasteiger partial charge in [0.2, 0.25) is 5.76 Å². The summed E-state index contributed by atoms with van der Waals surface area (Å²) in [7, 11) is 1.58. The Morgan fingerprint density at radius 1 is 0.968 bits per heavy atom. The summed E-state index contributed by atoms with van der Waals surface area (Å²) in [4.78, 5) is 28.6. The van der Waals surface area contributed by atoms with Crippen molar-refractivity contribution in [1.82, 2.24) is 0 Å². The largest absolute Gasteiger partial charge is 0.497 e. The first-order valence-corrected chi connectivity index (χ1v) is 10.2. The fraction of sp³-hybridized carbons (Fsp3) is 0.120. The lowest BCUT2D eigenvalue weighted by Gasteiger charge is -2.25. The van der Waals surface area contributed by atoms with Gasteiger partial charge in [-0.1, -0.05) is 41.4 Å². The SMILES string of the molecule is COc1ccc(N2C(=O)c3oc4ccc(Cl)cc4c(=O)c3C2c2ccc(C)cc2)cc1. The predicted molar refractivity (Wildman–Crippen MR) is 120 cm³/mol. The van der Waals surface area contributed by atoms with E-state index in [9.17, 15) is 9.59 Å². The molecule has 6 heteroatoms. The first-order chi connectivity index (χ1) is 15.0. The molecule has 1 atom stereocenters. The number of halogens is 1.